The molecule has 1 atom stereocenters. The summed E-state index contributed by atoms with van der Waals surface area (Å²) in [6, 6.07) is 28.7. The standard InChI is InChI=1S/C34H33ClN2O4/c1-3-9-23(2)22-36-30-19-18-26(35)21-29(30)33(38)37-31(34(39)40)20-24-14-16-25(17-15-24)28-12-7-8-13-32(28)41-27-10-5-4-6-11-27/h4-19,21,31,36H,3,20,22H2,1-2H3,(H,37,38)(H,39,40)/t31-/m0/s1. The highest BCUT2D eigenvalue weighted by Gasteiger charge is 2.23. The second-order valence-electron chi connectivity index (χ2n) is 9.68. The van der Waals surface area contributed by atoms with E-state index in [0.717, 1.165) is 34.4 Å². The van der Waals surface area contributed by atoms with Crippen molar-refractivity contribution in [3.63, 3.8) is 0 Å². The van der Waals surface area contributed by atoms with Gasteiger partial charge in [0.25, 0.3) is 5.91 Å². The van der Waals surface area contributed by atoms with E-state index in [9.17, 15) is 14.7 Å². The SMILES string of the molecule is CCC=C(C)CNc1ccc(Cl)cc1C(=O)N[C@@H](Cc1ccc(-c2ccccc2Oc2ccccc2)cc1)C(=O)O. The van der Waals surface area contributed by atoms with Gasteiger partial charge in [0.2, 0.25) is 0 Å². The van der Waals surface area contributed by atoms with Gasteiger partial charge in [-0.1, -0.05) is 90.8 Å². The molecule has 0 heterocycles. The van der Waals surface area contributed by atoms with Crippen molar-refractivity contribution in [2.24, 2.45) is 0 Å². The van der Waals surface area contributed by atoms with Crippen LogP contribution in [0.3, 0.4) is 0 Å². The number of halogens is 1. The van der Waals surface area contributed by atoms with Crippen molar-refractivity contribution in [3.05, 3.63) is 125 Å². The van der Waals surface area contributed by atoms with E-state index >= 15 is 0 Å². The molecule has 41 heavy (non-hydrogen) atoms. The zero-order valence-electron chi connectivity index (χ0n) is 23.1. The Morgan fingerprint density at radius 1 is 0.951 bits per heavy atom. The minimum Gasteiger partial charge on any atom is -0.480 e. The van der Waals surface area contributed by atoms with Gasteiger partial charge < -0.3 is 20.5 Å². The predicted octanol–water partition coefficient (Wildman–Crippen LogP) is 7.99. The van der Waals surface area contributed by atoms with Crippen molar-refractivity contribution < 1.29 is 19.4 Å². The van der Waals surface area contributed by atoms with E-state index in [1.807, 2.05) is 85.8 Å². The normalized spacial score (nSPS) is 11.9. The molecule has 0 aliphatic carbocycles. The number of amides is 1. The molecule has 0 bridgehead atoms. The highest BCUT2D eigenvalue weighted by atomic mass is 35.5. The van der Waals surface area contributed by atoms with Gasteiger partial charge in [0.15, 0.2) is 0 Å². The molecule has 4 aromatic rings. The van der Waals surface area contributed by atoms with Gasteiger partial charge in [0, 0.05) is 29.2 Å². The number of carboxylic acid groups (broad SMARTS) is 1. The van der Waals surface area contributed by atoms with Gasteiger partial charge in [0.05, 0.1) is 5.56 Å². The molecule has 4 aromatic carbocycles. The second-order valence-corrected chi connectivity index (χ2v) is 10.1. The van der Waals surface area contributed by atoms with E-state index in [1.54, 1.807) is 18.2 Å². The molecule has 210 valence electrons. The number of ether oxygens (including phenoxy) is 1. The van der Waals surface area contributed by atoms with E-state index in [0.29, 0.717) is 28.6 Å². The Labute approximate surface area is 245 Å². The molecular weight excluding hydrogens is 536 g/mol. The maximum Gasteiger partial charge on any atom is 0.326 e. The summed E-state index contributed by atoms with van der Waals surface area (Å²) in [5.74, 6) is -0.180. The first-order valence-electron chi connectivity index (χ1n) is 13.5. The monoisotopic (exact) mass is 568 g/mol. The summed E-state index contributed by atoms with van der Waals surface area (Å²) >= 11 is 6.18. The highest BCUT2D eigenvalue weighted by Crippen LogP contribution is 2.33. The Morgan fingerprint density at radius 2 is 1.66 bits per heavy atom. The third-order valence-electron chi connectivity index (χ3n) is 6.50. The molecule has 0 unspecified atom stereocenters. The number of benzene rings is 4. The number of hydrogen-bond donors (Lipinski definition) is 3. The van der Waals surface area contributed by atoms with Crippen molar-refractivity contribution in [2.45, 2.75) is 32.7 Å². The van der Waals surface area contributed by atoms with Gasteiger partial charge in [-0.15, -0.1) is 0 Å². The van der Waals surface area contributed by atoms with Crippen LogP contribution >= 0.6 is 11.6 Å². The summed E-state index contributed by atoms with van der Waals surface area (Å²) in [7, 11) is 0. The minimum atomic E-state index is -1.13. The maximum atomic E-state index is 13.2. The van der Waals surface area contributed by atoms with E-state index < -0.39 is 17.9 Å². The van der Waals surface area contributed by atoms with Crippen LogP contribution in [0.2, 0.25) is 5.02 Å². The average molecular weight is 569 g/mol. The number of allylic oxidation sites excluding steroid dienone is 1. The Morgan fingerprint density at radius 3 is 2.37 bits per heavy atom. The maximum absolute atomic E-state index is 13.2. The van der Waals surface area contributed by atoms with Crippen LogP contribution in [-0.2, 0) is 11.2 Å². The fourth-order valence-electron chi connectivity index (χ4n) is 4.42. The van der Waals surface area contributed by atoms with Crippen molar-refractivity contribution in [1.29, 1.82) is 0 Å². The van der Waals surface area contributed by atoms with E-state index in [4.69, 9.17) is 16.3 Å². The van der Waals surface area contributed by atoms with Crippen molar-refractivity contribution >= 4 is 29.2 Å². The largest absolute Gasteiger partial charge is 0.480 e. The summed E-state index contributed by atoms with van der Waals surface area (Å²) in [6.07, 6.45) is 3.13. The lowest BCUT2D eigenvalue weighted by atomic mass is 9.99. The number of hydrogen-bond acceptors (Lipinski definition) is 4. The van der Waals surface area contributed by atoms with Crippen LogP contribution in [0.15, 0.2) is 109 Å². The smallest absolute Gasteiger partial charge is 0.326 e. The first kappa shape index (κ1) is 29.4. The molecule has 3 N–H and O–H groups in total. The lowest BCUT2D eigenvalue weighted by Gasteiger charge is -2.18. The number of para-hydroxylation sites is 2. The van der Waals surface area contributed by atoms with E-state index in [2.05, 4.69) is 23.6 Å². The van der Waals surface area contributed by atoms with Crippen LogP contribution in [0.4, 0.5) is 5.69 Å². The Balaban J connectivity index is 1.48. The molecule has 0 spiro atoms. The van der Waals surface area contributed by atoms with Crippen LogP contribution < -0.4 is 15.4 Å². The number of carbonyl (C=O) groups is 2. The molecule has 0 aliphatic heterocycles. The van der Waals surface area contributed by atoms with Crippen LogP contribution in [0.1, 0.15) is 36.2 Å². The molecule has 0 fully saturated rings. The lowest BCUT2D eigenvalue weighted by Crippen LogP contribution is -2.42. The third-order valence-corrected chi connectivity index (χ3v) is 6.74. The van der Waals surface area contributed by atoms with Gasteiger partial charge in [-0.05, 0) is 60.9 Å². The summed E-state index contributed by atoms with van der Waals surface area (Å²) in [5, 5.41) is 16.2. The predicted molar refractivity (Wildman–Crippen MR) is 165 cm³/mol. The van der Waals surface area contributed by atoms with Gasteiger partial charge in [-0.25, -0.2) is 4.79 Å². The third kappa shape index (κ3) is 8.22. The quantitative estimate of drug-likeness (QED) is 0.151. The van der Waals surface area contributed by atoms with Crippen LogP contribution in [0.5, 0.6) is 11.5 Å². The number of anilines is 1. The Kier molecular flexibility index (Phi) is 10.2. The minimum absolute atomic E-state index is 0.116. The summed E-state index contributed by atoms with van der Waals surface area (Å²) in [4.78, 5) is 25.4. The Hall–Kier alpha value is -4.55. The molecule has 1 amide bonds. The molecule has 0 aliphatic rings. The van der Waals surface area contributed by atoms with E-state index in [1.165, 1.54) is 0 Å². The molecule has 0 radical (unpaired) electrons. The van der Waals surface area contributed by atoms with Crippen LogP contribution in [0.25, 0.3) is 11.1 Å². The zero-order valence-corrected chi connectivity index (χ0v) is 23.8. The Bertz CT molecular complexity index is 1520. The lowest BCUT2D eigenvalue weighted by molar-refractivity contribution is -0.139. The van der Waals surface area contributed by atoms with E-state index in [-0.39, 0.29) is 6.42 Å². The van der Waals surface area contributed by atoms with Crippen LogP contribution in [-0.4, -0.2) is 29.6 Å². The first-order valence-corrected chi connectivity index (χ1v) is 13.9. The number of rotatable bonds is 12. The molecule has 0 saturated carbocycles. The number of carbonyl (C=O) groups excluding carboxylic acids is 1. The first-order chi connectivity index (χ1) is 19.8. The average Bonchev–Trinajstić information content (AvgIpc) is 2.97. The van der Waals surface area contributed by atoms with Gasteiger partial charge >= 0.3 is 5.97 Å². The van der Waals surface area contributed by atoms with Gasteiger partial charge in [0.1, 0.15) is 17.5 Å². The summed E-state index contributed by atoms with van der Waals surface area (Å²) in [6.45, 7) is 4.63. The van der Waals surface area contributed by atoms with Crippen molar-refractivity contribution in [1.82, 2.24) is 5.32 Å². The molecule has 0 aromatic heterocycles. The fourth-order valence-corrected chi connectivity index (χ4v) is 4.59. The molecule has 6 nitrogen and oxygen atoms in total. The molecule has 7 heteroatoms. The molecule has 0 saturated heterocycles. The fraction of sp³-hybridized carbons (Fsp3) is 0.176. The van der Waals surface area contributed by atoms with Gasteiger partial charge in [-0.3, -0.25) is 4.79 Å². The number of carboxylic acids is 1. The molecular formula is C34H33ClN2O4. The molecule has 4 rings (SSSR count). The van der Waals surface area contributed by atoms with Crippen molar-refractivity contribution in [2.75, 3.05) is 11.9 Å². The van der Waals surface area contributed by atoms with Gasteiger partial charge in [-0.2, -0.15) is 0 Å². The topological polar surface area (TPSA) is 87.7 Å². The number of aliphatic carboxylic acids is 1. The van der Waals surface area contributed by atoms with Crippen molar-refractivity contribution in [3.8, 4) is 22.6 Å². The number of nitrogens with one attached hydrogen (secondary N) is 2. The summed E-state index contributed by atoms with van der Waals surface area (Å²) < 4.78 is 6.09. The summed E-state index contributed by atoms with van der Waals surface area (Å²) in [5.41, 5.74) is 4.62. The second kappa shape index (κ2) is 14.2. The highest BCUT2D eigenvalue weighted by molar-refractivity contribution is 6.31. The van der Waals surface area contributed by atoms with Crippen LogP contribution in [0, 0.1) is 0 Å². The zero-order chi connectivity index (χ0) is 29.2.